The summed E-state index contributed by atoms with van der Waals surface area (Å²) in [7, 11) is 0. The number of carboxylic acids is 2. The average Bonchev–Trinajstić information content (AvgIpc) is 2.75. The Morgan fingerprint density at radius 2 is 1.40 bits per heavy atom. The van der Waals surface area contributed by atoms with Crippen LogP contribution < -0.4 is 0 Å². The minimum atomic E-state index is -0.980. The van der Waals surface area contributed by atoms with E-state index in [1.165, 1.54) is 0 Å². The number of hydrogen-bond donors (Lipinski definition) is 3. The van der Waals surface area contributed by atoms with Crippen LogP contribution in [0.5, 0.6) is 0 Å². The monoisotopic (exact) mass is 486 g/mol. The molecule has 0 aromatic rings. The number of carboxylic acid groups (broad SMARTS) is 2. The van der Waals surface area contributed by atoms with Gasteiger partial charge in [0.15, 0.2) is 0 Å². The van der Waals surface area contributed by atoms with Gasteiger partial charge in [-0.25, -0.2) is 0 Å². The summed E-state index contributed by atoms with van der Waals surface area (Å²) in [5, 5.41) is 32.4. The van der Waals surface area contributed by atoms with Gasteiger partial charge >= 0.3 is 11.9 Å². The third kappa shape index (κ3) is 2.97. The second-order valence-electron chi connectivity index (χ2n) is 14.9. The second kappa shape index (κ2) is 7.36. The molecule has 5 rings (SSSR count). The Morgan fingerprint density at radius 1 is 0.743 bits per heavy atom. The largest absolute Gasteiger partial charge is 0.481 e. The highest BCUT2D eigenvalue weighted by Gasteiger charge is 2.72. The number of fused-ring (bicyclic) bond motifs is 6. The molecular weight excluding hydrogens is 440 g/mol. The summed E-state index contributed by atoms with van der Waals surface area (Å²) in [5.74, 6) is -0.853. The first-order valence-electron chi connectivity index (χ1n) is 14.0. The van der Waals surface area contributed by atoms with Gasteiger partial charge in [0.05, 0.1) is 16.9 Å². The summed E-state index contributed by atoms with van der Waals surface area (Å²) < 4.78 is 0. The van der Waals surface area contributed by atoms with Crippen LogP contribution in [0.2, 0.25) is 0 Å². The number of rotatable bonds is 2. The predicted molar refractivity (Wildman–Crippen MR) is 135 cm³/mol. The standard InChI is InChI=1S/C30H46O5/c1-25(2)13-14-29(23(32)33)15-16-30(24(34)35)18(19(29)17-25)7-8-21-27(5)11-10-22(31)26(3,4)20(27)9-12-28(21,30)6/h20-22,31H,7-17H2,1-6H3,(H,32,33)(H,34,35). The zero-order valence-corrected chi connectivity index (χ0v) is 22.7. The molecule has 4 saturated carbocycles. The molecule has 0 aliphatic heterocycles. The molecule has 0 aromatic carbocycles. The maximum Gasteiger partial charge on any atom is 0.314 e. The topological polar surface area (TPSA) is 94.8 Å². The third-order valence-corrected chi connectivity index (χ3v) is 12.7. The summed E-state index contributed by atoms with van der Waals surface area (Å²) in [4.78, 5) is 26.3. The Kier molecular flexibility index (Phi) is 5.32. The molecule has 0 bridgehead atoms. The van der Waals surface area contributed by atoms with Crippen LogP contribution in [0.25, 0.3) is 0 Å². The van der Waals surface area contributed by atoms with Crippen molar-refractivity contribution in [1.82, 2.24) is 0 Å². The van der Waals surface area contributed by atoms with E-state index in [0.29, 0.717) is 38.0 Å². The number of carbonyl (C=O) groups is 2. The minimum absolute atomic E-state index is 0.00616. The van der Waals surface area contributed by atoms with Gasteiger partial charge in [0.2, 0.25) is 0 Å². The molecule has 5 nitrogen and oxygen atoms in total. The average molecular weight is 487 g/mol. The lowest BCUT2D eigenvalue weighted by Crippen LogP contribution is -2.66. The quantitative estimate of drug-likeness (QED) is 0.390. The van der Waals surface area contributed by atoms with Crippen molar-refractivity contribution in [2.75, 3.05) is 0 Å². The molecule has 7 unspecified atom stereocenters. The summed E-state index contributed by atoms with van der Waals surface area (Å²) >= 11 is 0. The van der Waals surface area contributed by atoms with E-state index in [9.17, 15) is 24.9 Å². The van der Waals surface area contributed by atoms with Gasteiger partial charge in [0.1, 0.15) is 0 Å². The highest BCUT2D eigenvalue weighted by atomic mass is 16.4. The van der Waals surface area contributed by atoms with E-state index < -0.39 is 28.2 Å². The van der Waals surface area contributed by atoms with E-state index in [0.717, 1.165) is 49.7 Å². The fourth-order valence-electron chi connectivity index (χ4n) is 10.7. The highest BCUT2D eigenvalue weighted by Crippen LogP contribution is 2.75. The first-order chi connectivity index (χ1) is 16.1. The Labute approximate surface area is 210 Å². The lowest BCUT2D eigenvalue weighted by molar-refractivity contribution is -0.215. The number of hydrogen-bond acceptors (Lipinski definition) is 3. The SMILES string of the molecule is CC1(C)CCC2(C(=O)O)CCC3(C(=O)O)C(=C2C1)CCC1C2(C)CCC(O)C(C)(C)C2CCC13C. The van der Waals surface area contributed by atoms with Crippen LogP contribution in [0.1, 0.15) is 112 Å². The van der Waals surface area contributed by atoms with Crippen LogP contribution in [0.4, 0.5) is 0 Å². The van der Waals surface area contributed by atoms with Crippen LogP contribution in [0, 0.1) is 44.3 Å². The van der Waals surface area contributed by atoms with Crippen molar-refractivity contribution in [3.63, 3.8) is 0 Å². The molecule has 35 heavy (non-hydrogen) atoms. The number of aliphatic hydroxyl groups excluding tert-OH is 1. The lowest BCUT2D eigenvalue weighted by atomic mass is 9.33. The van der Waals surface area contributed by atoms with E-state index in [-0.39, 0.29) is 28.3 Å². The molecule has 196 valence electrons. The zero-order chi connectivity index (χ0) is 25.8. The van der Waals surface area contributed by atoms with Crippen molar-refractivity contribution in [3.05, 3.63) is 11.1 Å². The Hall–Kier alpha value is -1.36. The van der Waals surface area contributed by atoms with Crippen LogP contribution >= 0.6 is 0 Å². The molecule has 0 heterocycles. The van der Waals surface area contributed by atoms with E-state index in [2.05, 4.69) is 41.5 Å². The van der Waals surface area contributed by atoms with Crippen molar-refractivity contribution >= 4 is 11.9 Å². The van der Waals surface area contributed by atoms with Gasteiger partial charge in [-0.05, 0) is 104 Å². The highest BCUT2D eigenvalue weighted by molar-refractivity contribution is 5.85. The van der Waals surface area contributed by atoms with E-state index in [1.807, 2.05) is 0 Å². The predicted octanol–water partition coefficient (Wildman–Crippen LogP) is 6.44. The van der Waals surface area contributed by atoms with E-state index >= 15 is 0 Å². The van der Waals surface area contributed by atoms with Crippen molar-refractivity contribution in [2.24, 2.45) is 44.3 Å². The van der Waals surface area contributed by atoms with Gasteiger partial charge in [0.25, 0.3) is 0 Å². The molecule has 0 aromatic heterocycles. The normalized spacial score (nSPS) is 48.1. The van der Waals surface area contributed by atoms with Crippen LogP contribution in [-0.4, -0.2) is 33.4 Å². The van der Waals surface area contributed by atoms with Gasteiger partial charge in [-0.1, -0.05) is 52.7 Å². The molecular formula is C30H46O5. The molecule has 0 amide bonds. The van der Waals surface area contributed by atoms with Crippen molar-refractivity contribution in [2.45, 2.75) is 118 Å². The Balaban J connectivity index is 1.69. The maximum atomic E-state index is 13.5. The Bertz CT molecular complexity index is 993. The molecule has 5 heteroatoms. The molecule has 0 radical (unpaired) electrons. The summed E-state index contributed by atoms with van der Waals surface area (Å²) in [5.41, 5.74) is -0.507. The van der Waals surface area contributed by atoms with Gasteiger partial charge in [-0.3, -0.25) is 9.59 Å². The summed E-state index contributed by atoms with van der Waals surface area (Å²) in [6, 6.07) is 0. The maximum absolute atomic E-state index is 13.5. The number of aliphatic carboxylic acids is 2. The fraction of sp³-hybridized carbons (Fsp3) is 0.867. The van der Waals surface area contributed by atoms with Gasteiger partial charge in [-0.2, -0.15) is 0 Å². The van der Waals surface area contributed by atoms with Crippen molar-refractivity contribution in [1.29, 1.82) is 0 Å². The van der Waals surface area contributed by atoms with E-state index in [4.69, 9.17) is 0 Å². The lowest BCUT2D eigenvalue weighted by Gasteiger charge is -2.70. The Morgan fingerprint density at radius 3 is 2.03 bits per heavy atom. The minimum Gasteiger partial charge on any atom is -0.481 e. The van der Waals surface area contributed by atoms with Crippen LogP contribution in [-0.2, 0) is 9.59 Å². The molecule has 0 spiro atoms. The van der Waals surface area contributed by atoms with E-state index in [1.54, 1.807) is 0 Å². The molecule has 5 aliphatic rings. The molecule has 0 saturated heterocycles. The van der Waals surface area contributed by atoms with Gasteiger partial charge in [0, 0.05) is 0 Å². The molecule has 4 fully saturated rings. The molecule has 7 atom stereocenters. The van der Waals surface area contributed by atoms with Crippen LogP contribution in [0.3, 0.4) is 0 Å². The third-order valence-electron chi connectivity index (χ3n) is 12.7. The van der Waals surface area contributed by atoms with Gasteiger partial charge in [-0.15, -0.1) is 0 Å². The van der Waals surface area contributed by atoms with Crippen molar-refractivity contribution < 1.29 is 24.9 Å². The molecule has 5 aliphatic carbocycles. The first kappa shape index (κ1) is 25.3. The summed E-state index contributed by atoms with van der Waals surface area (Å²) in [6.45, 7) is 13.5. The molecule has 3 N–H and O–H groups in total. The zero-order valence-electron chi connectivity index (χ0n) is 22.7. The summed E-state index contributed by atoms with van der Waals surface area (Å²) in [6.07, 6.45) is 7.87. The second-order valence-corrected chi connectivity index (χ2v) is 14.9. The number of aliphatic hydroxyl groups is 1. The van der Waals surface area contributed by atoms with Crippen molar-refractivity contribution in [3.8, 4) is 0 Å². The fourth-order valence-corrected chi connectivity index (χ4v) is 10.7. The van der Waals surface area contributed by atoms with Crippen LogP contribution in [0.15, 0.2) is 11.1 Å². The van der Waals surface area contributed by atoms with Gasteiger partial charge < -0.3 is 15.3 Å². The smallest absolute Gasteiger partial charge is 0.314 e. The first-order valence-corrected chi connectivity index (χ1v) is 14.0.